The van der Waals surface area contributed by atoms with Gasteiger partial charge in [0.1, 0.15) is 5.69 Å². The molecule has 2 aromatic rings. The number of anilines is 2. The number of nitro groups is 1. The number of amides is 1. The number of carbonyl (C=O) groups excluding carboxylic acids is 1. The molecule has 3 rings (SSSR count). The van der Waals surface area contributed by atoms with Gasteiger partial charge in [0.05, 0.1) is 28.8 Å². The minimum Gasteiger partial charge on any atom is -0.378 e. The van der Waals surface area contributed by atoms with Crippen molar-refractivity contribution in [3.63, 3.8) is 0 Å². The number of hydrogen-bond acceptors (Lipinski definition) is 5. The Morgan fingerprint density at radius 3 is 2.62 bits per heavy atom. The minimum absolute atomic E-state index is 0.102. The van der Waals surface area contributed by atoms with E-state index in [4.69, 9.17) is 16.3 Å². The Hall–Kier alpha value is -2.64. The zero-order chi connectivity index (χ0) is 18.7. The van der Waals surface area contributed by atoms with Gasteiger partial charge in [-0.1, -0.05) is 17.7 Å². The molecule has 1 amide bonds. The Balaban J connectivity index is 1.86. The zero-order valence-corrected chi connectivity index (χ0v) is 15.0. The number of nitrogens with zero attached hydrogens (tertiary/aromatic N) is 2. The van der Waals surface area contributed by atoms with Gasteiger partial charge in [0.15, 0.2) is 0 Å². The molecule has 1 N–H and O–H groups in total. The fourth-order valence-corrected chi connectivity index (χ4v) is 3.08. The van der Waals surface area contributed by atoms with Gasteiger partial charge in [-0.3, -0.25) is 14.9 Å². The standard InChI is InChI=1S/C18H18ClN3O4/c1-12-2-4-15(14(19)10-12)20-18(23)13-3-5-16(17(11-13)22(24)25)21-6-8-26-9-7-21/h2-5,10-11H,6-9H2,1H3,(H,20,23). The summed E-state index contributed by atoms with van der Waals surface area (Å²) in [4.78, 5) is 25.4. The molecule has 26 heavy (non-hydrogen) atoms. The van der Waals surface area contributed by atoms with Crippen molar-refractivity contribution in [1.82, 2.24) is 0 Å². The second-order valence-corrected chi connectivity index (χ2v) is 6.40. The average Bonchev–Trinajstić information content (AvgIpc) is 2.64. The second-order valence-electron chi connectivity index (χ2n) is 6.00. The second kappa shape index (κ2) is 7.72. The van der Waals surface area contributed by atoms with Crippen molar-refractivity contribution in [1.29, 1.82) is 0 Å². The Labute approximate surface area is 155 Å². The highest BCUT2D eigenvalue weighted by molar-refractivity contribution is 6.34. The van der Waals surface area contributed by atoms with Crippen molar-refractivity contribution in [2.45, 2.75) is 6.92 Å². The number of aryl methyl sites for hydroxylation is 1. The molecule has 8 heteroatoms. The number of nitro benzene ring substituents is 1. The molecule has 1 saturated heterocycles. The summed E-state index contributed by atoms with van der Waals surface area (Å²) < 4.78 is 5.28. The van der Waals surface area contributed by atoms with Crippen molar-refractivity contribution in [3.05, 3.63) is 62.7 Å². The molecule has 1 aliphatic rings. The van der Waals surface area contributed by atoms with Gasteiger partial charge in [0.25, 0.3) is 11.6 Å². The highest BCUT2D eigenvalue weighted by Gasteiger charge is 2.23. The van der Waals surface area contributed by atoms with E-state index in [2.05, 4.69) is 5.32 Å². The number of morpholine rings is 1. The molecule has 2 aromatic carbocycles. The first-order chi connectivity index (χ1) is 12.5. The molecule has 1 aliphatic heterocycles. The summed E-state index contributed by atoms with van der Waals surface area (Å²) in [6.45, 7) is 4.08. The summed E-state index contributed by atoms with van der Waals surface area (Å²) >= 11 is 6.13. The zero-order valence-electron chi connectivity index (χ0n) is 14.2. The largest absolute Gasteiger partial charge is 0.378 e. The molecular formula is C18H18ClN3O4. The predicted octanol–water partition coefficient (Wildman–Crippen LogP) is 3.65. The van der Waals surface area contributed by atoms with E-state index >= 15 is 0 Å². The first kappa shape index (κ1) is 18.2. The van der Waals surface area contributed by atoms with Crippen LogP contribution in [0.1, 0.15) is 15.9 Å². The summed E-state index contributed by atoms with van der Waals surface area (Å²) in [6, 6.07) is 9.74. The third-order valence-electron chi connectivity index (χ3n) is 4.16. The fraction of sp³-hybridized carbons (Fsp3) is 0.278. The van der Waals surface area contributed by atoms with Gasteiger partial charge in [0, 0.05) is 24.7 Å². The average molecular weight is 376 g/mol. The first-order valence-corrected chi connectivity index (χ1v) is 8.52. The molecule has 7 nitrogen and oxygen atoms in total. The summed E-state index contributed by atoms with van der Waals surface area (Å²) in [5.41, 5.74) is 2.02. The van der Waals surface area contributed by atoms with Crippen molar-refractivity contribution in [2.75, 3.05) is 36.5 Å². The Kier molecular flexibility index (Phi) is 5.39. The number of rotatable bonds is 4. The number of carbonyl (C=O) groups is 1. The molecule has 136 valence electrons. The van der Waals surface area contributed by atoms with E-state index in [1.165, 1.54) is 6.07 Å². The highest BCUT2D eigenvalue weighted by atomic mass is 35.5. The first-order valence-electron chi connectivity index (χ1n) is 8.14. The molecule has 0 saturated carbocycles. The SMILES string of the molecule is Cc1ccc(NC(=O)c2ccc(N3CCOCC3)c([N+](=O)[O-])c2)c(Cl)c1. The maximum atomic E-state index is 12.5. The fourth-order valence-electron chi connectivity index (χ4n) is 2.80. The van der Waals surface area contributed by atoms with E-state index in [1.54, 1.807) is 24.3 Å². The number of halogens is 1. The van der Waals surface area contributed by atoms with Crippen LogP contribution >= 0.6 is 11.6 Å². The van der Waals surface area contributed by atoms with Crippen LogP contribution in [0.25, 0.3) is 0 Å². The highest BCUT2D eigenvalue weighted by Crippen LogP contribution is 2.30. The molecule has 0 aromatic heterocycles. The van der Waals surface area contributed by atoms with Crippen LogP contribution in [0.15, 0.2) is 36.4 Å². The van der Waals surface area contributed by atoms with Crippen LogP contribution in [0.4, 0.5) is 17.1 Å². The van der Waals surface area contributed by atoms with Gasteiger partial charge >= 0.3 is 0 Å². The summed E-state index contributed by atoms with van der Waals surface area (Å²) in [7, 11) is 0. The lowest BCUT2D eigenvalue weighted by Gasteiger charge is -2.28. The molecule has 0 unspecified atom stereocenters. The molecule has 0 atom stereocenters. The Morgan fingerprint density at radius 1 is 1.23 bits per heavy atom. The lowest BCUT2D eigenvalue weighted by atomic mass is 10.1. The van der Waals surface area contributed by atoms with Gasteiger partial charge in [-0.05, 0) is 36.8 Å². The number of ether oxygens (including phenoxy) is 1. The quantitative estimate of drug-likeness (QED) is 0.651. The number of benzene rings is 2. The molecule has 0 spiro atoms. The number of nitrogens with one attached hydrogen (secondary N) is 1. The van der Waals surface area contributed by atoms with Crippen LogP contribution in [0.2, 0.25) is 5.02 Å². The molecule has 0 aliphatic carbocycles. The molecular weight excluding hydrogens is 358 g/mol. The third-order valence-corrected chi connectivity index (χ3v) is 4.47. The summed E-state index contributed by atoms with van der Waals surface area (Å²) in [5, 5.41) is 14.6. The van der Waals surface area contributed by atoms with Gasteiger partial charge in [-0.2, -0.15) is 0 Å². The Morgan fingerprint density at radius 2 is 1.96 bits per heavy atom. The predicted molar refractivity (Wildman–Crippen MR) is 100 cm³/mol. The number of hydrogen-bond donors (Lipinski definition) is 1. The van der Waals surface area contributed by atoms with Crippen LogP contribution in [-0.4, -0.2) is 37.1 Å². The van der Waals surface area contributed by atoms with Crippen molar-refractivity contribution >= 4 is 34.6 Å². The molecule has 1 heterocycles. The van der Waals surface area contributed by atoms with E-state index in [0.29, 0.717) is 42.7 Å². The van der Waals surface area contributed by atoms with E-state index in [1.807, 2.05) is 17.9 Å². The topological polar surface area (TPSA) is 84.7 Å². The molecule has 1 fully saturated rings. The lowest BCUT2D eigenvalue weighted by Crippen LogP contribution is -2.36. The van der Waals surface area contributed by atoms with Gasteiger partial charge in [-0.25, -0.2) is 0 Å². The smallest absolute Gasteiger partial charge is 0.293 e. The van der Waals surface area contributed by atoms with E-state index < -0.39 is 10.8 Å². The van der Waals surface area contributed by atoms with Crippen molar-refractivity contribution < 1.29 is 14.5 Å². The van der Waals surface area contributed by atoms with Gasteiger partial charge < -0.3 is 15.0 Å². The molecule has 0 radical (unpaired) electrons. The Bertz CT molecular complexity index is 850. The summed E-state index contributed by atoms with van der Waals surface area (Å²) in [6.07, 6.45) is 0. The maximum absolute atomic E-state index is 12.5. The monoisotopic (exact) mass is 375 g/mol. The van der Waals surface area contributed by atoms with Crippen LogP contribution in [-0.2, 0) is 4.74 Å². The van der Waals surface area contributed by atoms with Crippen molar-refractivity contribution in [2.24, 2.45) is 0 Å². The minimum atomic E-state index is -0.472. The maximum Gasteiger partial charge on any atom is 0.293 e. The van der Waals surface area contributed by atoms with Crippen LogP contribution in [0.3, 0.4) is 0 Å². The lowest BCUT2D eigenvalue weighted by molar-refractivity contribution is -0.384. The van der Waals surface area contributed by atoms with E-state index in [9.17, 15) is 14.9 Å². The van der Waals surface area contributed by atoms with E-state index in [0.717, 1.165) is 5.56 Å². The van der Waals surface area contributed by atoms with Crippen LogP contribution < -0.4 is 10.2 Å². The van der Waals surface area contributed by atoms with Gasteiger partial charge in [0.2, 0.25) is 0 Å². The molecule has 0 bridgehead atoms. The van der Waals surface area contributed by atoms with Crippen molar-refractivity contribution in [3.8, 4) is 0 Å². The van der Waals surface area contributed by atoms with Crippen LogP contribution in [0, 0.1) is 17.0 Å². The van der Waals surface area contributed by atoms with Crippen LogP contribution in [0.5, 0.6) is 0 Å². The van der Waals surface area contributed by atoms with E-state index in [-0.39, 0.29) is 11.3 Å². The summed E-state index contributed by atoms with van der Waals surface area (Å²) in [5.74, 6) is -0.451. The van der Waals surface area contributed by atoms with Gasteiger partial charge in [-0.15, -0.1) is 0 Å². The third kappa shape index (κ3) is 3.95. The normalized spacial score (nSPS) is 14.2.